The topological polar surface area (TPSA) is 125 Å². The first-order chi connectivity index (χ1) is 19.5. The molecule has 0 atom stereocenters. The molecule has 1 aliphatic heterocycles. The molecule has 0 radical (unpaired) electrons. The van der Waals surface area contributed by atoms with Crippen LogP contribution in [-0.4, -0.2) is 73.7 Å². The maximum Gasteiger partial charge on any atom is 0.229 e. The van der Waals surface area contributed by atoms with Crippen LogP contribution in [0.1, 0.15) is 45.9 Å². The van der Waals surface area contributed by atoms with Crippen LogP contribution in [0.15, 0.2) is 30.5 Å². The summed E-state index contributed by atoms with van der Waals surface area (Å²) < 4.78 is 1.69. The standard InChI is InChI=1S/C19H21N9O.C10H8O/c1-2-5-28-18-14(11-20-28)17(21-16-10-15(24-25-16)13-3-4-13)22-19(23-18)27-8-6-26(12-29)7-9-27;1-3-9-6-8(2)4-5-10(9)7-11/h1,10-13H,3-9H2,(H2,21,22,23,24,25);1,4-7H,2H3. The van der Waals surface area contributed by atoms with Gasteiger partial charge in [-0.15, -0.1) is 12.8 Å². The fourth-order valence-corrected chi connectivity index (χ4v) is 4.43. The Hall–Kier alpha value is -5.16. The molecule has 4 heterocycles. The number of carbonyl (C=O) groups excluding carboxylic acids is 2. The average Bonchev–Trinajstić information content (AvgIpc) is 3.60. The van der Waals surface area contributed by atoms with Gasteiger partial charge >= 0.3 is 0 Å². The minimum atomic E-state index is 0.326. The van der Waals surface area contributed by atoms with Gasteiger partial charge in [0, 0.05) is 55.0 Å². The van der Waals surface area contributed by atoms with Gasteiger partial charge in [0.25, 0.3) is 0 Å². The first-order valence-electron chi connectivity index (χ1n) is 13.0. The van der Waals surface area contributed by atoms with Crippen LogP contribution in [-0.2, 0) is 11.3 Å². The summed E-state index contributed by atoms with van der Waals surface area (Å²) in [7, 11) is 0. The Morgan fingerprint density at radius 3 is 2.60 bits per heavy atom. The molecular weight excluding hydrogens is 506 g/mol. The molecule has 11 heteroatoms. The van der Waals surface area contributed by atoms with Crippen molar-refractivity contribution in [3.8, 4) is 24.7 Å². The summed E-state index contributed by atoms with van der Waals surface area (Å²) in [5.41, 5.74) is 4.14. The third-order valence-electron chi connectivity index (χ3n) is 6.82. The van der Waals surface area contributed by atoms with Crippen molar-refractivity contribution in [1.29, 1.82) is 0 Å². The number of aryl methyl sites for hydroxylation is 1. The molecule has 2 fully saturated rings. The minimum Gasteiger partial charge on any atom is -0.342 e. The molecule has 1 aromatic carbocycles. The number of fused-ring (bicyclic) bond motifs is 1. The molecule has 1 saturated carbocycles. The highest BCUT2D eigenvalue weighted by molar-refractivity contribution is 5.89. The molecule has 0 spiro atoms. The summed E-state index contributed by atoms with van der Waals surface area (Å²) in [6.45, 7) is 4.88. The van der Waals surface area contributed by atoms with Gasteiger partial charge in [-0.3, -0.25) is 14.7 Å². The summed E-state index contributed by atoms with van der Waals surface area (Å²) in [4.78, 5) is 34.7. The van der Waals surface area contributed by atoms with Gasteiger partial charge in [-0.25, -0.2) is 4.68 Å². The molecule has 1 amide bonds. The van der Waals surface area contributed by atoms with E-state index in [1.165, 1.54) is 12.8 Å². The van der Waals surface area contributed by atoms with Crippen LogP contribution in [0, 0.1) is 31.6 Å². The van der Waals surface area contributed by atoms with E-state index in [1.807, 2.05) is 25.1 Å². The average molecular weight is 536 g/mol. The number of aldehydes is 1. The summed E-state index contributed by atoms with van der Waals surface area (Å²) in [5.74, 6) is 7.60. The maximum absolute atomic E-state index is 11.0. The molecule has 0 bridgehead atoms. The number of aromatic nitrogens is 6. The molecule has 3 aromatic heterocycles. The van der Waals surface area contributed by atoms with Gasteiger partial charge in [0.05, 0.1) is 11.6 Å². The Balaban J connectivity index is 0.000000248. The molecule has 202 valence electrons. The number of anilines is 3. The summed E-state index contributed by atoms with van der Waals surface area (Å²) in [6.07, 6.45) is 16.5. The number of terminal acetylenes is 2. The SMILES string of the molecule is C#CCn1ncc2c(Nc3cc(C4CC4)[nH]n3)nc(N3CCN(C=O)CC3)nc21.C#Cc1cc(C)ccc1C=O. The van der Waals surface area contributed by atoms with Gasteiger partial charge in [-0.2, -0.15) is 20.2 Å². The van der Waals surface area contributed by atoms with Crippen molar-refractivity contribution in [2.45, 2.75) is 32.2 Å². The van der Waals surface area contributed by atoms with Crippen molar-refractivity contribution in [1.82, 2.24) is 34.8 Å². The van der Waals surface area contributed by atoms with Crippen LogP contribution < -0.4 is 10.2 Å². The molecule has 2 aliphatic rings. The summed E-state index contributed by atoms with van der Waals surface area (Å²) in [6, 6.07) is 7.45. The quantitative estimate of drug-likeness (QED) is 0.273. The predicted octanol–water partition coefficient (Wildman–Crippen LogP) is 2.87. The van der Waals surface area contributed by atoms with Crippen LogP contribution >= 0.6 is 0 Å². The van der Waals surface area contributed by atoms with E-state index in [-0.39, 0.29) is 0 Å². The van der Waals surface area contributed by atoms with Crippen molar-refractivity contribution >= 4 is 41.3 Å². The van der Waals surface area contributed by atoms with Crippen LogP contribution in [0.4, 0.5) is 17.6 Å². The normalized spacial score (nSPS) is 14.6. The smallest absolute Gasteiger partial charge is 0.229 e. The van der Waals surface area contributed by atoms with Crippen LogP contribution in [0.5, 0.6) is 0 Å². The lowest BCUT2D eigenvalue weighted by atomic mass is 10.1. The predicted molar refractivity (Wildman–Crippen MR) is 152 cm³/mol. The van der Waals surface area contributed by atoms with Crippen molar-refractivity contribution < 1.29 is 9.59 Å². The van der Waals surface area contributed by atoms with E-state index in [0.717, 1.165) is 29.3 Å². The highest BCUT2D eigenvalue weighted by atomic mass is 16.1. The number of H-pyrrole nitrogens is 1. The zero-order valence-electron chi connectivity index (χ0n) is 22.2. The Labute approximate surface area is 232 Å². The van der Waals surface area contributed by atoms with Gasteiger partial charge in [-0.05, 0) is 31.4 Å². The lowest BCUT2D eigenvalue weighted by Gasteiger charge is -2.32. The Morgan fingerprint density at radius 2 is 1.93 bits per heavy atom. The lowest BCUT2D eigenvalue weighted by molar-refractivity contribution is -0.118. The van der Waals surface area contributed by atoms with E-state index in [0.29, 0.717) is 73.0 Å². The second-order valence-corrected chi connectivity index (χ2v) is 9.70. The third-order valence-corrected chi connectivity index (χ3v) is 6.82. The Bertz CT molecular complexity index is 1610. The zero-order chi connectivity index (χ0) is 28.1. The van der Waals surface area contributed by atoms with E-state index in [2.05, 4.69) is 37.4 Å². The highest BCUT2D eigenvalue weighted by Gasteiger charge is 2.26. The molecule has 1 saturated heterocycles. The lowest BCUT2D eigenvalue weighted by Crippen LogP contribution is -2.46. The number of piperazine rings is 1. The van der Waals surface area contributed by atoms with Crippen LogP contribution in [0.3, 0.4) is 0 Å². The summed E-state index contributed by atoms with van der Waals surface area (Å²) in [5, 5.41) is 15.9. The van der Waals surface area contributed by atoms with E-state index in [1.54, 1.807) is 21.8 Å². The van der Waals surface area contributed by atoms with Gasteiger partial charge < -0.3 is 15.1 Å². The molecule has 4 aromatic rings. The zero-order valence-corrected chi connectivity index (χ0v) is 22.2. The Kier molecular flexibility index (Phi) is 7.74. The molecule has 0 unspecified atom stereocenters. The number of hydrogen-bond donors (Lipinski definition) is 2. The number of nitrogens with zero attached hydrogens (tertiary/aromatic N) is 7. The highest BCUT2D eigenvalue weighted by Crippen LogP contribution is 2.40. The molecule has 40 heavy (non-hydrogen) atoms. The second-order valence-electron chi connectivity index (χ2n) is 9.70. The van der Waals surface area contributed by atoms with Gasteiger partial charge in [-0.1, -0.05) is 24.0 Å². The largest absolute Gasteiger partial charge is 0.342 e. The van der Waals surface area contributed by atoms with Crippen LogP contribution in [0.2, 0.25) is 0 Å². The molecule has 2 N–H and O–H groups in total. The number of nitrogens with one attached hydrogen (secondary N) is 2. The fourth-order valence-electron chi connectivity index (χ4n) is 4.43. The second kappa shape index (κ2) is 11.7. The van der Waals surface area contributed by atoms with Crippen molar-refractivity contribution in [2.24, 2.45) is 0 Å². The Morgan fingerprint density at radius 1 is 1.12 bits per heavy atom. The molecule has 1 aliphatic carbocycles. The first kappa shape index (κ1) is 26.4. The van der Waals surface area contributed by atoms with E-state index in [9.17, 15) is 9.59 Å². The van der Waals surface area contributed by atoms with Crippen molar-refractivity contribution in [3.05, 3.63) is 52.8 Å². The number of hydrogen-bond acceptors (Lipinski definition) is 8. The van der Waals surface area contributed by atoms with Crippen molar-refractivity contribution in [3.63, 3.8) is 0 Å². The van der Waals surface area contributed by atoms with Crippen LogP contribution in [0.25, 0.3) is 11.0 Å². The molecular formula is C29H29N9O2. The van der Waals surface area contributed by atoms with Crippen molar-refractivity contribution in [2.75, 3.05) is 36.4 Å². The monoisotopic (exact) mass is 535 g/mol. The van der Waals surface area contributed by atoms with Gasteiger partial charge in [0.15, 0.2) is 17.8 Å². The number of rotatable bonds is 7. The fraction of sp³-hybridized carbons (Fsp3) is 0.310. The van der Waals surface area contributed by atoms with Gasteiger partial charge in [0.1, 0.15) is 12.4 Å². The third kappa shape index (κ3) is 5.79. The minimum absolute atomic E-state index is 0.326. The van der Waals surface area contributed by atoms with E-state index < -0.39 is 0 Å². The number of benzene rings is 1. The number of carbonyl (C=O) groups is 2. The van der Waals surface area contributed by atoms with Gasteiger partial charge in [0.2, 0.25) is 12.4 Å². The first-order valence-corrected chi connectivity index (χ1v) is 13.0. The molecule has 11 nitrogen and oxygen atoms in total. The van der Waals surface area contributed by atoms with E-state index >= 15 is 0 Å². The summed E-state index contributed by atoms with van der Waals surface area (Å²) >= 11 is 0. The molecule has 6 rings (SSSR count). The number of amides is 1. The number of aromatic amines is 1. The maximum atomic E-state index is 11.0. The van der Waals surface area contributed by atoms with E-state index in [4.69, 9.17) is 22.8 Å².